The number of fused-ring (bicyclic) bond motifs is 1. The van der Waals surface area contributed by atoms with Crippen molar-refractivity contribution in [3.63, 3.8) is 0 Å². The molecule has 1 aliphatic heterocycles. The van der Waals surface area contributed by atoms with Crippen LogP contribution in [0.5, 0.6) is 17.2 Å². The Morgan fingerprint density at radius 3 is 2.14 bits per heavy atom. The van der Waals surface area contributed by atoms with Crippen molar-refractivity contribution in [2.45, 2.75) is 11.4 Å². The summed E-state index contributed by atoms with van der Waals surface area (Å²) in [5.74, 6) is 2.16. The first-order valence-corrected chi connectivity index (χ1v) is 13.6. The van der Waals surface area contributed by atoms with Crippen molar-refractivity contribution < 1.29 is 22.6 Å². The zero-order valence-corrected chi connectivity index (χ0v) is 22.1. The fourth-order valence-corrected chi connectivity index (χ4v) is 6.23. The number of ether oxygens (including phenoxy) is 3. The maximum atomic E-state index is 13.6. The second-order valence-corrected chi connectivity index (χ2v) is 10.8. The summed E-state index contributed by atoms with van der Waals surface area (Å²) in [5, 5.41) is 0.864. The number of piperazine rings is 1. The standard InChI is InChI=1S/C28H31N3O5S/c1-34-22-8-11-24(12-9-22)37(32,33)31-20-21(25-18-23(35-2)10-13-26(25)31)19-29-14-16-30(17-15-29)27-6-4-5-7-28(27)36-3/h4-13,18,20H,14-17,19H2,1-3H3. The third kappa shape index (κ3) is 4.84. The van der Waals surface area contributed by atoms with Crippen LogP contribution in [0.4, 0.5) is 5.69 Å². The van der Waals surface area contributed by atoms with Gasteiger partial charge < -0.3 is 19.1 Å². The molecule has 194 valence electrons. The molecule has 0 bridgehead atoms. The topological polar surface area (TPSA) is 73.2 Å². The molecule has 4 aromatic rings. The van der Waals surface area contributed by atoms with Gasteiger partial charge in [-0.1, -0.05) is 12.1 Å². The molecule has 0 amide bonds. The molecule has 2 heterocycles. The van der Waals surface area contributed by atoms with Gasteiger partial charge in [0.1, 0.15) is 17.2 Å². The van der Waals surface area contributed by atoms with E-state index in [0.717, 1.165) is 48.6 Å². The molecule has 0 unspecified atom stereocenters. The van der Waals surface area contributed by atoms with E-state index in [2.05, 4.69) is 15.9 Å². The van der Waals surface area contributed by atoms with E-state index in [1.165, 1.54) is 3.97 Å². The fraction of sp³-hybridized carbons (Fsp3) is 0.286. The zero-order valence-electron chi connectivity index (χ0n) is 21.3. The van der Waals surface area contributed by atoms with Gasteiger partial charge in [-0.15, -0.1) is 0 Å². The van der Waals surface area contributed by atoms with Crippen LogP contribution >= 0.6 is 0 Å². The van der Waals surface area contributed by atoms with Crippen LogP contribution in [0.15, 0.2) is 77.8 Å². The summed E-state index contributed by atoms with van der Waals surface area (Å²) in [6, 6.07) is 20.0. The fourth-order valence-electron chi connectivity index (χ4n) is 4.84. The predicted octanol–water partition coefficient (Wildman–Crippen LogP) is 4.23. The van der Waals surface area contributed by atoms with Crippen molar-refractivity contribution >= 4 is 26.6 Å². The highest BCUT2D eigenvalue weighted by Crippen LogP contribution is 2.32. The molecule has 0 saturated carbocycles. The highest BCUT2D eigenvalue weighted by molar-refractivity contribution is 7.90. The van der Waals surface area contributed by atoms with Crippen LogP contribution in [0.3, 0.4) is 0 Å². The Balaban J connectivity index is 1.43. The molecule has 0 radical (unpaired) electrons. The van der Waals surface area contributed by atoms with Gasteiger partial charge in [-0.25, -0.2) is 12.4 Å². The number of rotatable bonds is 8. The van der Waals surface area contributed by atoms with E-state index in [1.807, 2.05) is 24.3 Å². The number of anilines is 1. The Hall–Kier alpha value is -3.69. The minimum atomic E-state index is -3.80. The molecule has 37 heavy (non-hydrogen) atoms. The van der Waals surface area contributed by atoms with Crippen LogP contribution in [0, 0.1) is 0 Å². The summed E-state index contributed by atoms with van der Waals surface area (Å²) in [6.07, 6.45) is 1.75. The summed E-state index contributed by atoms with van der Waals surface area (Å²) >= 11 is 0. The molecule has 1 aromatic heterocycles. The Kier molecular flexibility index (Phi) is 6.99. The average Bonchev–Trinajstić information content (AvgIpc) is 3.31. The Bertz CT molecular complexity index is 1490. The molecule has 0 N–H and O–H groups in total. The number of aromatic nitrogens is 1. The minimum absolute atomic E-state index is 0.206. The summed E-state index contributed by atoms with van der Waals surface area (Å²) < 4.78 is 44.8. The predicted molar refractivity (Wildman–Crippen MR) is 145 cm³/mol. The lowest BCUT2D eigenvalue weighted by Crippen LogP contribution is -2.46. The van der Waals surface area contributed by atoms with Crippen LogP contribution in [-0.4, -0.2) is 64.8 Å². The van der Waals surface area contributed by atoms with Gasteiger partial charge in [0.05, 0.1) is 37.4 Å². The number of benzene rings is 3. The molecule has 3 aromatic carbocycles. The van der Waals surface area contributed by atoms with E-state index in [-0.39, 0.29) is 4.90 Å². The maximum Gasteiger partial charge on any atom is 0.268 e. The number of methoxy groups -OCH3 is 3. The molecule has 0 atom stereocenters. The molecular weight excluding hydrogens is 490 g/mol. The highest BCUT2D eigenvalue weighted by atomic mass is 32.2. The van der Waals surface area contributed by atoms with Crippen LogP contribution in [-0.2, 0) is 16.6 Å². The molecule has 8 nitrogen and oxygen atoms in total. The second kappa shape index (κ2) is 10.4. The van der Waals surface area contributed by atoms with E-state index >= 15 is 0 Å². The van der Waals surface area contributed by atoms with Crippen molar-refractivity contribution in [3.8, 4) is 17.2 Å². The first-order chi connectivity index (χ1) is 17.9. The van der Waals surface area contributed by atoms with Crippen LogP contribution in [0.2, 0.25) is 0 Å². The lowest BCUT2D eigenvalue weighted by Gasteiger charge is -2.36. The second-order valence-electron chi connectivity index (χ2n) is 8.95. The van der Waals surface area contributed by atoms with E-state index in [1.54, 1.807) is 63.9 Å². The minimum Gasteiger partial charge on any atom is -0.497 e. The maximum absolute atomic E-state index is 13.6. The van der Waals surface area contributed by atoms with Gasteiger partial charge in [0.2, 0.25) is 0 Å². The van der Waals surface area contributed by atoms with Gasteiger partial charge >= 0.3 is 0 Å². The summed E-state index contributed by atoms with van der Waals surface area (Å²) in [7, 11) is 1.06. The number of nitrogens with zero attached hydrogens (tertiary/aromatic N) is 3. The van der Waals surface area contributed by atoms with Gasteiger partial charge in [-0.2, -0.15) is 0 Å². The molecule has 1 saturated heterocycles. The van der Waals surface area contributed by atoms with E-state index in [4.69, 9.17) is 14.2 Å². The number of para-hydroxylation sites is 2. The molecule has 0 spiro atoms. The van der Waals surface area contributed by atoms with Gasteiger partial charge in [-0.05, 0) is 60.2 Å². The lowest BCUT2D eigenvalue weighted by molar-refractivity contribution is 0.250. The smallest absolute Gasteiger partial charge is 0.268 e. The van der Waals surface area contributed by atoms with Crippen LogP contribution in [0.1, 0.15) is 5.56 Å². The van der Waals surface area contributed by atoms with Gasteiger partial charge in [0.15, 0.2) is 0 Å². The van der Waals surface area contributed by atoms with Crippen LogP contribution < -0.4 is 19.1 Å². The normalized spacial score (nSPS) is 14.6. The Labute approximate surface area is 217 Å². The molecular formula is C28H31N3O5S. The molecule has 1 fully saturated rings. The molecule has 0 aliphatic carbocycles. The summed E-state index contributed by atoms with van der Waals surface area (Å²) in [5.41, 5.74) is 2.66. The van der Waals surface area contributed by atoms with E-state index in [0.29, 0.717) is 23.6 Å². The van der Waals surface area contributed by atoms with Gasteiger partial charge in [-0.3, -0.25) is 4.90 Å². The summed E-state index contributed by atoms with van der Waals surface area (Å²) in [4.78, 5) is 4.89. The third-order valence-electron chi connectivity index (χ3n) is 6.87. The van der Waals surface area contributed by atoms with Crippen molar-refractivity contribution in [2.75, 3.05) is 52.4 Å². The largest absolute Gasteiger partial charge is 0.497 e. The highest BCUT2D eigenvalue weighted by Gasteiger charge is 2.25. The number of hydrogen-bond donors (Lipinski definition) is 0. The quantitative estimate of drug-likeness (QED) is 0.344. The Morgan fingerprint density at radius 1 is 0.784 bits per heavy atom. The van der Waals surface area contributed by atoms with Crippen molar-refractivity contribution in [2.24, 2.45) is 0 Å². The van der Waals surface area contributed by atoms with Crippen molar-refractivity contribution in [3.05, 3.63) is 78.5 Å². The zero-order chi connectivity index (χ0) is 26.0. The first kappa shape index (κ1) is 25.0. The summed E-state index contributed by atoms with van der Waals surface area (Å²) in [6.45, 7) is 4.04. The van der Waals surface area contributed by atoms with Gasteiger partial charge in [0.25, 0.3) is 10.0 Å². The molecule has 9 heteroatoms. The monoisotopic (exact) mass is 521 g/mol. The van der Waals surface area contributed by atoms with Crippen molar-refractivity contribution in [1.29, 1.82) is 0 Å². The SMILES string of the molecule is COc1ccc(S(=O)(=O)n2cc(CN3CCN(c4ccccc4OC)CC3)c3cc(OC)ccc32)cc1. The van der Waals surface area contributed by atoms with Crippen LogP contribution in [0.25, 0.3) is 10.9 Å². The number of hydrogen-bond acceptors (Lipinski definition) is 7. The molecule has 5 rings (SSSR count). The Morgan fingerprint density at radius 2 is 1.46 bits per heavy atom. The average molecular weight is 522 g/mol. The van der Waals surface area contributed by atoms with Crippen molar-refractivity contribution in [1.82, 2.24) is 8.87 Å². The first-order valence-electron chi connectivity index (χ1n) is 12.1. The molecule has 1 aliphatic rings. The van der Waals surface area contributed by atoms with E-state index in [9.17, 15) is 8.42 Å². The van der Waals surface area contributed by atoms with E-state index < -0.39 is 10.0 Å². The lowest BCUT2D eigenvalue weighted by atomic mass is 10.1. The third-order valence-corrected chi connectivity index (χ3v) is 8.56. The van der Waals surface area contributed by atoms with Gasteiger partial charge in [0, 0.05) is 44.3 Å².